The van der Waals surface area contributed by atoms with Crippen LogP contribution in [0.5, 0.6) is 11.5 Å². The molecule has 0 saturated carbocycles. The highest BCUT2D eigenvalue weighted by Crippen LogP contribution is 2.35. The highest BCUT2D eigenvalue weighted by atomic mass is 16.5. The molecule has 1 heterocycles. The second-order valence-electron chi connectivity index (χ2n) is 6.17. The SMILES string of the molecule is CN(C)c1ccc(C=Cc2c(O)c(OC=O)c3ccccc3[n+]2C)cc1. The van der Waals surface area contributed by atoms with E-state index in [1.165, 1.54) is 0 Å². The fourth-order valence-corrected chi connectivity index (χ4v) is 2.91. The number of anilines is 1. The number of fused-ring (bicyclic) bond motifs is 1. The number of rotatable bonds is 5. The summed E-state index contributed by atoms with van der Waals surface area (Å²) in [4.78, 5) is 12.9. The van der Waals surface area contributed by atoms with Gasteiger partial charge in [0, 0.05) is 31.9 Å². The Kier molecular flexibility index (Phi) is 4.89. The van der Waals surface area contributed by atoms with Crippen molar-refractivity contribution in [2.75, 3.05) is 19.0 Å². The number of ether oxygens (including phenoxy) is 1. The predicted molar refractivity (Wildman–Crippen MR) is 103 cm³/mol. The molecule has 2 aromatic carbocycles. The van der Waals surface area contributed by atoms with Crippen LogP contribution in [0.4, 0.5) is 5.69 Å². The number of aromatic nitrogens is 1. The largest absolute Gasteiger partial charge is 0.500 e. The molecule has 0 aliphatic rings. The van der Waals surface area contributed by atoms with E-state index in [2.05, 4.69) is 0 Å². The third-order valence-electron chi connectivity index (χ3n) is 4.34. The molecule has 0 saturated heterocycles. The van der Waals surface area contributed by atoms with E-state index in [-0.39, 0.29) is 11.5 Å². The van der Waals surface area contributed by atoms with E-state index < -0.39 is 0 Å². The van der Waals surface area contributed by atoms with Crippen LogP contribution in [0.3, 0.4) is 0 Å². The average molecular weight is 349 g/mol. The van der Waals surface area contributed by atoms with Crippen LogP contribution >= 0.6 is 0 Å². The first-order chi connectivity index (χ1) is 12.5. The van der Waals surface area contributed by atoms with E-state index in [1.54, 1.807) is 6.07 Å². The van der Waals surface area contributed by atoms with Crippen LogP contribution in [0, 0.1) is 0 Å². The minimum absolute atomic E-state index is 0.0699. The van der Waals surface area contributed by atoms with Crippen molar-refractivity contribution < 1.29 is 19.2 Å². The normalized spacial score (nSPS) is 11.0. The maximum Gasteiger partial charge on any atom is 0.298 e. The van der Waals surface area contributed by atoms with Crippen molar-refractivity contribution in [3.63, 3.8) is 0 Å². The number of aryl methyl sites for hydroxylation is 1. The molecule has 0 amide bonds. The van der Waals surface area contributed by atoms with Crippen LogP contribution in [-0.2, 0) is 11.8 Å². The van der Waals surface area contributed by atoms with Gasteiger partial charge in [0.25, 0.3) is 12.2 Å². The summed E-state index contributed by atoms with van der Waals surface area (Å²) >= 11 is 0. The van der Waals surface area contributed by atoms with E-state index in [1.807, 2.05) is 85.2 Å². The molecule has 3 aromatic rings. The Balaban J connectivity index is 2.08. The number of nitrogens with zero attached hydrogens (tertiary/aromatic N) is 2. The lowest BCUT2D eigenvalue weighted by Gasteiger charge is -2.11. The van der Waals surface area contributed by atoms with Gasteiger partial charge in [-0.1, -0.05) is 24.3 Å². The molecule has 0 fully saturated rings. The van der Waals surface area contributed by atoms with E-state index >= 15 is 0 Å². The summed E-state index contributed by atoms with van der Waals surface area (Å²) in [6.07, 6.45) is 3.72. The minimum Gasteiger partial charge on any atom is -0.500 e. The van der Waals surface area contributed by atoms with E-state index in [0.717, 1.165) is 16.8 Å². The van der Waals surface area contributed by atoms with Crippen LogP contribution in [0.15, 0.2) is 48.5 Å². The Morgan fingerprint density at radius 1 is 1.04 bits per heavy atom. The number of para-hydroxylation sites is 1. The molecule has 0 radical (unpaired) electrons. The maximum atomic E-state index is 10.9. The van der Waals surface area contributed by atoms with E-state index in [9.17, 15) is 9.90 Å². The maximum absolute atomic E-state index is 10.9. The van der Waals surface area contributed by atoms with Crippen molar-refractivity contribution >= 4 is 35.2 Å². The van der Waals surface area contributed by atoms with Gasteiger partial charge in [0.1, 0.15) is 7.05 Å². The first-order valence-electron chi connectivity index (χ1n) is 8.22. The molecule has 0 atom stereocenters. The van der Waals surface area contributed by atoms with Gasteiger partial charge in [-0.3, -0.25) is 4.79 Å². The Hall–Kier alpha value is -3.34. The van der Waals surface area contributed by atoms with Gasteiger partial charge in [-0.25, -0.2) is 0 Å². The molecule has 5 nitrogen and oxygen atoms in total. The zero-order valence-corrected chi connectivity index (χ0v) is 15.0. The monoisotopic (exact) mass is 349 g/mol. The summed E-state index contributed by atoms with van der Waals surface area (Å²) < 4.78 is 6.92. The Bertz CT molecular complexity index is 977. The van der Waals surface area contributed by atoms with Gasteiger partial charge in [-0.15, -0.1) is 0 Å². The number of hydrogen-bond acceptors (Lipinski definition) is 4. The number of aromatic hydroxyl groups is 1. The Morgan fingerprint density at radius 2 is 1.73 bits per heavy atom. The standard InChI is InChI=1S/C21H20N2O3/c1-22(2)16-11-8-15(9-12-16)10-13-19-20(25)21(26-14-24)17-6-4-5-7-18(17)23(19)3/h4-14H,1-3H3/p+1. The second-order valence-corrected chi connectivity index (χ2v) is 6.17. The van der Waals surface area contributed by atoms with Crippen molar-refractivity contribution in [2.45, 2.75) is 0 Å². The van der Waals surface area contributed by atoms with Crippen LogP contribution in [-0.4, -0.2) is 25.7 Å². The van der Waals surface area contributed by atoms with Crippen LogP contribution in [0.2, 0.25) is 0 Å². The van der Waals surface area contributed by atoms with Gasteiger partial charge < -0.3 is 14.7 Å². The number of hydrogen-bond donors (Lipinski definition) is 1. The third-order valence-corrected chi connectivity index (χ3v) is 4.34. The fourth-order valence-electron chi connectivity index (χ4n) is 2.91. The zero-order chi connectivity index (χ0) is 18.7. The first kappa shape index (κ1) is 17.5. The molecule has 0 aliphatic heterocycles. The van der Waals surface area contributed by atoms with Gasteiger partial charge in [0.15, 0.2) is 5.75 Å². The molecule has 1 N–H and O–H groups in total. The predicted octanol–water partition coefficient (Wildman–Crippen LogP) is 3.14. The number of carbonyl (C=O) groups excluding carboxylic acids is 1. The summed E-state index contributed by atoms with van der Waals surface area (Å²) in [7, 11) is 5.85. The smallest absolute Gasteiger partial charge is 0.298 e. The molecule has 0 spiro atoms. The molecule has 0 unspecified atom stereocenters. The van der Waals surface area contributed by atoms with Crippen molar-refractivity contribution in [3.05, 3.63) is 59.8 Å². The Morgan fingerprint density at radius 3 is 2.38 bits per heavy atom. The third kappa shape index (κ3) is 3.24. The number of benzene rings is 2. The van der Waals surface area contributed by atoms with E-state index in [4.69, 9.17) is 4.74 Å². The molecular weight excluding hydrogens is 328 g/mol. The van der Waals surface area contributed by atoms with Gasteiger partial charge in [-0.2, -0.15) is 4.57 Å². The van der Waals surface area contributed by atoms with Crippen molar-refractivity contribution in [1.29, 1.82) is 0 Å². The van der Waals surface area contributed by atoms with Crippen LogP contribution < -0.4 is 14.2 Å². The molecule has 0 aliphatic carbocycles. The highest BCUT2D eigenvalue weighted by Gasteiger charge is 2.23. The lowest BCUT2D eigenvalue weighted by Crippen LogP contribution is -2.33. The summed E-state index contributed by atoms with van der Waals surface area (Å²) in [6, 6.07) is 15.5. The molecule has 1 aromatic heterocycles. The van der Waals surface area contributed by atoms with Gasteiger partial charge in [-0.05, 0) is 29.8 Å². The summed E-state index contributed by atoms with van der Waals surface area (Å²) in [5.41, 5.74) is 3.52. The first-order valence-corrected chi connectivity index (χ1v) is 8.22. The molecule has 26 heavy (non-hydrogen) atoms. The van der Waals surface area contributed by atoms with Gasteiger partial charge in [0.2, 0.25) is 11.3 Å². The van der Waals surface area contributed by atoms with Gasteiger partial charge in [0.05, 0.1) is 5.39 Å². The fraction of sp³-hybridized carbons (Fsp3) is 0.143. The number of pyridine rings is 1. The van der Waals surface area contributed by atoms with Gasteiger partial charge >= 0.3 is 0 Å². The van der Waals surface area contributed by atoms with Crippen molar-refractivity contribution in [2.24, 2.45) is 7.05 Å². The lowest BCUT2D eigenvalue weighted by atomic mass is 10.1. The topological polar surface area (TPSA) is 53.7 Å². The summed E-state index contributed by atoms with van der Waals surface area (Å²) in [5, 5.41) is 11.3. The van der Waals surface area contributed by atoms with Crippen molar-refractivity contribution in [1.82, 2.24) is 0 Å². The second kappa shape index (κ2) is 7.27. The summed E-state index contributed by atoms with van der Waals surface area (Å²) in [5.74, 6) is 0.0933. The zero-order valence-electron chi connectivity index (χ0n) is 15.0. The van der Waals surface area contributed by atoms with Crippen LogP contribution in [0.25, 0.3) is 23.1 Å². The van der Waals surface area contributed by atoms with E-state index in [0.29, 0.717) is 17.6 Å². The highest BCUT2D eigenvalue weighted by molar-refractivity contribution is 5.88. The molecule has 3 rings (SSSR count). The number of carbonyl (C=O) groups is 1. The summed E-state index contributed by atoms with van der Waals surface area (Å²) in [6.45, 7) is 0.328. The molecule has 5 heteroatoms. The van der Waals surface area contributed by atoms with Crippen LogP contribution in [0.1, 0.15) is 11.3 Å². The molecular formula is C21H21N2O3+. The Labute approximate surface area is 152 Å². The average Bonchev–Trinajstić information content (AvgIpc) is 2.65. The molecule has 132 valence electrons. The van der Waals surface area contributed by atoms with Crippen molar-refractivity contribution in [3.8, 4) is 11.5 Å². The molecule has 0 bridgehead atoms. The minimum atomic E-state index is -0.0699. The lowest BCUT2D eigenvalue weighted by molar-refractivity contribution is -0.647. The quantitative estimate of drug-likeness (QED) is 0.568.